The van der Waals surface area contributed by atoms with Crippen molar-refractivity contribution in [3.8, 4) is 11.5 Å². The summed E-state index contributed by atoms with van der Waals surface area (Å²) < 4.78 is 10.8. The predicted molar refractivity (Wildman–Crippen MR) is 145 cm³/mol. The van der Waals surface area contributed by atoms with E-state index in [1.165, 1.54) is 30.5 Å². The van der Waals surface area contributed by atoms with E-state index in [1.54, 1.807) is 41.8 Å². The van der Waals surface area contributed by atoms with E-state index >= 15 is 0 Å². The van der Waals surface area contributed by atoms with Crippen LogP contribution in [-0.2, 0) is 9.59 Å². The van der Waals surface area contributed by atoms with Crippen molar-refractivity contribution in [1.29, 1.82) is 0 Å². The maximum absolute atomic E-state index is 13.8. The smallest absolute Gasteiger partial charge is 0.261 e. The number of anilines is 1. The van der Waals surface area contributed by atoms with Gasteiger partial charge in [0.15, 0.2) is 11.5 Å². The molecular formula is C28H33N3O5S. The molecule has 0 aliphatic carbocycles. The zero-order valence-electron chi connectivity index (χ0n) is 22.0. The fraction of sp³-hybridized carbons (Fsp3) is 0.321. The Morgan fingerprint density at radius 1 is 0.973 bits per heavy atom. The van der Waals surface area contributed by atoms with Crippen LogP contribution in [0.15, 0.2) is 60.0 Å². The molecule has 1 atom stereocenters. The number of amides is 3. The van der Waals surface area contributed by atoms with E-state index in [0.29, 0.717) is 27.6 Å². The van der Waals surface area contributed by atoms with Crippen LogP contribution in [0.3, 0.4) is 0 Å². The van der Waals surface area contributed by atoms with Crippen molar-refractivity contribution >= 4 is 34.7 Å². The summed E-state index contributed by atoms with van der Waals surface area (Å²) in [6.45, 7) is 7.23. The van der Waals surface area contributed by atoms with Crippen molar-refractivity contribution < 1.29 is 23.9 Å². The Labute approximate surface area is 221 Å². The fourth-order valence-corrected chi connectivity index (χ4v) is 4.47. The van der Waals surface area contributed by atoms with Gasteiger partial charge >= 0.3 is 0 Å². The lowest BCUT2D eigenvalue weighted by Crippen LogP contribution is -2.51. The van der Waals surface area contributed by atoms with Gasteiger partial charge in [0.05, 0.1) is 25.6 Å². The highest BCUT2D eigenvalue weighted by atomic mass is 32.1. The van der Waals surface area contributed by atoms with Gasteiger partial charge in [-0.05, 0) is 74.5 Å². The summed E-state index contributed by atoms with van der Waals surface area (Å²) in [6, 6.07) is 14.8. The molecule has 9 heteroatoms. The molecule has 1 heterocycles. The maximum atomic E-state index is 13.8. The molecule has 196 valence electrons. The van der Waals surface area contributed by atoms with Gasteiger partial charge in [0.1, 0.15) is 6.04 Å². The number of benzene rings is 2. The SMILES string of the molecule is COc1ccc([C@H](C(=O)NC(C)(C)C)N(C(=O)CNC(=O)c2cccs2)c2cccc(C)c2)cc1OC. The number of carbonyl (C=O) groups is 3. The van der Waals surface area contributed by atoms with Crippen molar-refractivity contribution in [2.45, 2.75) is 39.3 Å². The minimum atomic E-state index is -1.05. The second-order valence-electron chi connectivity index (χ2n) is 9.52. The van der Waals surface area contributed by atoms with Crippen LogP contribution in [0.5, 0.6) is 11.5 Å². The summed E-state index contributed by atoms with van der Waals surface area (Å²) in [7, 11) is 3.04. The number of ether oxygens (including phenoxy) is 2. The number of nitrogens with one attached hydrogen (secondary N) is 2. The number of methoxy groups -OCH3 is 2. The van der Waals surface area contributed by atoms with E-state index in [9.17, 15) is 14.4 Å². The number of hydrogen-bond donors (Lipinski definition) is 2. The zero-order valence-corrected chi connectivity index (χ0v) is 22.8. The largest absolute Gasteiger partial charge is 0.493 e. The van der Waals surface area contributed by atoms with Gasteiger partial charge in [0.2, 0.25) is 11.8 Å². The normalized spacial score (nSPS) is 11.8. The van der Waals surface area contributed by atoms with Crippen molar-refractivity contribution in [2.24, 2.45) is 0 Å². The Bertz CT molecular complexity index is 1250. The van der Waals surface area contributed by atoms with E-state index in [4.69, 9.17) is 9.47 Å². The summed E-state index contributed by atoms with van der Waals surface area (Å²) in [5, 5.41) is 7.48. The summed E-state index contributed by atoms with van der Waals surface area (Å²) in [4.78, 5) is 42.0. The number of nitrogens with zero attached hydrogens (tertiary/aromatic N) is 1. The Kier molecular flexibility index (Phi) is 8.94. The molecule has 3 rings (SSSR count). The average Bonchev–Trinajstić information content (AvgIpc) is 3.39. The molecule has 3 amide bonds. The Morgan fingerprint density at radius 3 is 2.30 bits per heavy atom. The van der Waals surface area contributed by atoms with Gasteiger partial charge < -0.3 is 20.1 Å². The molecule has 0 spiro atoms. The monoisotopic (exact) mass is 523 g/mol. The third-order valence-corrected chi connectivity index (χ3v) is 6.29. The number of hydrogen-bond acceptors (Lipinski definition) is 6. The van der Waals surface area contributed by atoms with Crippen molar-refractivity contribution in [3.63, 3.8) is 0 Å². The quantitative estimate of drug-likeness (QED) is 0.431. The van der Waals surface area contributed by atoms with Crippen molar-refractivity contribution in [1.82, 2.24) is 10.6 Å². The minimum absolute atomic E-state index is 0.294. The second kappa shape index (κ2) is 11.9. The molecule has 0 unspecified atom stereocenters. The van der Waals surface area contributed by atoms with E-state index in [2.05, 4.69) is 10.6 Å². The van der Waals surface area contributed by atoms with E-state index < -0.39 is 17.5 Å². The molecule has 2 N–H and O–H groups in total. The van der Waals surface area contributed by atoms with E-state index in [0.717, 1.165) is 5.56 Å². The summed E-state index contributed by atoms with van der Waals surface area (Å²) in [5.74, 6) is -0.248. The van der Waals surface area contributed by atoms with Crippen molar-refractivity contribution in [3.05, 3.63) is 76.0 Å². The topological polar surface area (TPSA) is 97.0 Å². The van der Waals surface area contributed by atoms with Crippen LogP contribution >= 0.6 is 11.3 Å². The molecule has 0 bridgehead atoms. The number of rotatable bonds is 9. The lowest BCUT2D eigenvalue weighted by Gasteiger charge is -2.34. The molecule has 8 nitrogen and oxygen atoms in total. The lowest BCUT2D eigenvalue weighted by molar-refractivity contribution is -0.127. The Morgan fingerprint density at radius 2 is 1.70 bits per heavy atom. The average molecular weight is 524 g/mol. The molecule has 1 aromatic heterocycles. The molecule has 0 fully saturated rings. The number of aryl methyl sites for hydroxylation is 1. The predicted octanol–water partition coefficient (Wildman–Crippen LogP) is 4.49. The highest BCUT2D eigenvalue weighted by Gasteiger charge is 2.35. The highest BCUT2D eigenvalue weighted by molar-refractivity contribution is 7.12. The van der Waals surface area contributed by atoms with Crippen LogP contribution in [0.1, 0.15) is 47.6 Å². The lowest BCUT2D eigenvalue weighted by atomic mass is 9.99. The molecule has 37 heavy (non-hydrogen) atoms. The molecule has 3 aromatic rings. The Balaban J connectivity index is 2.09. The third-order valence-electron chi connectivity index (χ3n) is 5.42. The van der Waals surface area contributed by atoms with Crippen LogP contribution in [0.25, 0.3) is 0 Å². The molecule has 0 aliphatic heterocycles. The Hall–Kier alpha value is -3.85. The molecule has 0 aliphatic rings. The molecule has 0 radical (unpaired) electrons. The van der Waals surface area contributed by atoms with Crippen LogP contribution in [0.2, 0.25) is 0 Å². The zero-order chi connectivity index (χ0) is 27.2. The first-order chi connectivity index (χ1) is 17.5. The first-order valence-electron chi connectivity index (χ1n) is 11.8. The minimum Gasteiger partial charge on any atom is -0.493 e. The van der Waals surface area contributed by atoms with Crippen molar-refractivity contribution in [2.75, 3.05) is 25.7 Å². The summed E-state index contributed by atoms with van der Waals surface area (Å²) in [6.07, 6.45) is 0. The number of carbonyl (C=O) groups excluding carboxylic acids is 3. The van der Waals surface area contributed by atoms with Crippen LogP contribution in [-0.4, -0.2) is 44.0 Å². The number of thiophene rings is 1. The first-order valence-corrected chi connectivity index (χ1v) is 12.7. The second-order valence-corrected chi connectivity index (χ2v) is 10.5. The summed E-state index contributed by atoms with van der Waals surface area (Å²) >= 11 is 1.28. The molecular weight excluding hydrogens is 490 g/mol. The van der Waals surface area contributed by atoms with Gasteiger partial charge in [-0.1, -0.05) is 24.3 Å². The molecule has 0 saturated carbocycles. The van der Waals surface area contributed by atoms with Crippen LogP contribution in [0, 0.1) is 6.92 Å². The maximum Gasteiger partial charge on any atom is 0.261 e. The van der Waals surface area contributed by atoms with E-state index in [-0.39, 0.29) is 18.4 Å². The van der Waals surface area contributed by atoms with Gasteiger partial charge in [-0.2, -0.15) is 0 Å². The van der Waals surface area contributed by atoms with Gasteiger partial charge in [-0.3, -0.25) is 19.3 Å². The van der Waals surface area contributed by atoms with Crippen LogP contribution in [0.4, 0.5) is 5.69 Å². The molecule has 0 saturated heterocycles. The van der Waals surface area contributed by atoms with Gasteiger partial charge in [-0.25, -0.2) is 0 Å². The van der Waals surface area contributed by atoms with Crippen LogP contribution < -0.4 is 25.0 Å². The highest BCUT2D eigenvalue weighted by Crippen LogP contribution is 2.35. The fourth-order valence-electron chi connectivity index (χ4n) is 3.83. The van der Waals surface area contributed by atoms with Gasteiger partial charge in [0, 0.05) is 11.2 Å². The first kappa shape index (κ1) is 27.7. The third kappa shape index (κ3) is 7.10. The van der Waals surface area contributed by atoms with E-state index in [1.807, 2.05) is 45.9 Å². The molecule has 2 aromatic carbocycles. The standard InChI is InChI=1S/C28H33N3O5S/c1-18-9-7-10-20(15-18)31(24(32)17-29-26(33)23-11-8-14-37-23)25(27(34)30-28(2,3)4)19-12-13-21(35-5)22(16-19)36-6/h7-16,25H,17H2,1-6H3,(H,29,33)(H,30,34)/t25-/m1/s1. The van der Waals surface area contributed by atoms with Gasteiger partial charge in [0.25, 0.3) is 5.91 Å². The van der Waals surface area contributed by atoms with Gasteiger partial charge in [-0.15, -0.1) is 11.3 Å². The summed E-state index contributed by atoms with van der Waals surface area (Å²) in [5.41, 5.74) is 1.42.